The molecule has 3 aromatic rings. The lowest BCUT2D eigenvalue weighted by Crippen LogP contribution is -2.08. The van der Waals surface area contributed by atoms with Crippen LogP contribution in [0.3, 0.4) is 0 Å². The second-order valence-corrected chi connectivity index (χ2v) is 6.88. The van der Waals surface area contributed by atoms with Crippen LogP contribution < -0.4 is 5.32 Å². The van der Waals surface area contributed by atoms with Crippen LogP contribution in [-0.4, -0.2) is 16.3 Å². The first-order valence-electron chi connectivity index (χ1n) is 8.82. The van der Waals surface area contributed by atoms with Gasteiger partial charge in [-0.1, -0.05) is 44.2 Å². The van der Waals surface area contributed by atoms with Crippen molar-refractivity contribution < 1.29 is 4.39 Å². The standard InChI is InChI=1S/C21H22FN3/c1-14(2)17-5-3-4-6-20(17)25-21-18(11-12-23-21)19(24-25)13-15-7-9-16(22)10-8-15/h3-10,14,23H,11-13H2,1-2H3. The molecule has 1 N–H and O–H groups in total. The summed E-state index contributed by atoms with van der Waals surface area (Å²) in [4.78, 5) is 0. The highest BCUT2D eigenvalue weighted by Crippen LogP contribution is 2.32. The van der Waals surface area contributed by atoms with Gasteiger partial charge in [-0.25, -0.2) is 9.07 Å². The first kappa shape index (κ1) is 15.9. The number of hydrogen-bond donors (Lipinski definition) is 1. The predicted molar refractivity (Wildman–Crippen MR) is 99.1 cm³/mol. The van der Waals surface area contributed by atoms with Crippen LogP contribution in [0.1, 0.15) is 42.1 Å². The molecule has 0 spiro atoms. The highest BCUT2D eigenvalue weighted by molar-refractivity contribution is 5.59. The number of hydrogen-bond acceptors (Lipinski definition) is 2. The summed E-state index contributed by atoms with van der Waals surface area (Å²) in [6.07, 6.45) is 1.71. The molecule has 0 amide bonds. The molecule has 1 aliphatic rings. The highest BCUT2D eigenvalue weighted by atomic mass is 19.1. The summed E-state index contributed by atoms with van der Waals surface area (Å²) < 4.78 is 15.2. The van der Waals surface area contributed by atoms with Crippen LogP contribution in [-0.2, 0) is 12.8 Å². The molecule has 2 aromatic carbocycles. The largest absolute Gasteiger partial charge is 0.369 e. The van der Waals surface area contributed by atoms with Crippen molar-refractivity contribution in [2.45, 2.75) is 32.6 Å². The molecule has 0 fully saturated rings. The van der Waals surface area contributed by atoms with Crippen molar-refractivity contribution in [1.82, 2.24) is 9.78 Å². The number of nitrogens with one attached hydrogen (secondary N) is 1. The quantitative estimate of drug-likeness (QED) is 0.749. The van der Waals surface area contributed by atoms with Gasteiger partial charge in [-0.2, -0.15) is 5.10 Å². The molecule has 2 heterocycles. The van der Waals surface area contributed by atoms with Crippen molar-refractivity contribution in [2.75, 3.05) is 11.9 Å². The van der Waals surface area contributed by atoms with Crippen LogP contribution in [0.25, 0.3) is 5.69 Å². The van der Waals surface area contributed by atoms with Gasteiger partial charge in [0.1, 0.15) is 11.6 Å². The van der Waals surface area contributed by atoms with Crippen LogP contribution in [0.15, 0.2) is 48.5 Å². The lowest BCUT2D eigenvalue weighted by Gasteiger charge is -2.14. The van der Waals surface area contributed by atoms with E-state index in [4.69, 9.17) is 5.10 Å². The molecule has 4 heteroatoms. The second-order valence-electron chi connectivity index (χ2n) is 6.88. The smallest absolute Gasteiger partial charge is 0.133 e. The van der Waals surface area contributed by atoms with Gasteiger partial charge >= 0.3 is 0 Å². The number of fused-ring (bicyclic) bond motifs is 1. The van der Waals surface area contributed by atoms with Gasteiger partial charge in [0.2, 0.25) is 0 Å². The Bertz CT molecular complexity index is 894. The van der Waals surface area contributed by atoms with Crippen LogP contribution in [0, 0.1) is 5.82 Å². The van der Waals surface area contributed by atoms with Gasteiger partial charge in [0.25, 0.3) is 0 Å². The zero-order valence-electron chi connectivity index (χ0n) is 14.6. The molecule has 128 valence electrons. The maximum atomic E-state index is 13.2. The molecule has 1 aromatic heterocycles. The van der Waals surface area contributed by atoms with E-state index in [-0.39, 0.29) is 5.82 Å². The summed E-state index contributed by atoms with van der Waals surface area (Å²) >= 11 is 0. The van der Waals surface area contributed by atoms with Gasteiger partial charge in [-0.05, 0) is 41.7 Å². The fourth-order valence-corrected chi connectivity index (χ4v) is 3.53. The number of para-hydroxylation sites is 1. The maximum Gasteiger partial charge on any atom is 0.133 e. The lowest BCUT2D eigenvalue weighted by atomic mass is 10.0. The molecule has 1 aliphatic heterocycles. The molecule has 25 heavy (non-hydrogen) atoms. The Morgan fingerprint density at radius 2 is 1.88 bits per heavy atom. The zero-order chi connectivity index (χ0) is 17.4. The van der Waals surface area contributed by atoms with E-state index in [9.17, 15) is 4.39 Å². The van der Waals surface area contributed by atoms with Crippen molar-refractivity contribution in [3.63, 3.8) is 0 Å². The van der Waals surface area contributed by atoms with E-state index in [1.165, 1.54) is 23.3 Å². The van der Waals surface area contributed by atoms with Gasteiger partial charge in [0.15, 0.2) is 0 Å². The number of nitrogens with zero attached hydrogens (tertiary/aromatic N) is 2. The van der Waals surface area contributed by atoms with E-state index in [1.54, 1.807) is 0 Å². The third-order valence-corrected chi connectivity index (χ3v) is 4.81. The van der Waals surface area contributed by atoms with Crippen LogP contribution in [0.5, 0.6) is 0 Å². The van der Waals surface area contributed by atoms with Crippen molar-refractivity contribution in [1.29, 1.82) is 0 Å². The Morgan fingerprint density at radius 3 is 2.64 bits per heavy atom. The summed E-state index contributed by atoms with van der Waals surface area (Å²) in [7, 11) is 0. The van der Waals surface area contributed by atoms with Gasteiger partial charge in [0, 0.05) is 18.5 Å². The predicted octanol–water partition coefficient (Wildman–Crippen LogP) is 4.69. The maximum absolute atomic E-state index is 13.2. The molecule has 0 saturated heterocycles. The Balaban J connectivity index is 1.77. The summed E-state index contributed by atoms with van der Waals surface area (Å²) in [6, 6.07) is 15.1. The fourth-order valence-electron chi connectivity index (χ4n) is 3.53. The number of benzene rings is 2. The van der Waals surface area contributed by atoms with E-state index in [0.29, 0.717) is 5.92 Å². The van der Waals surface area contributed by atoms with Crippen molar-refractivity contribution in [3.05, 3.63) is 76.7 Å². The SMILES string of the molecule is CC(C)c1ccccc1-n1nc(Cc2ccc(F)cc2)c2c1NCC2. The molecule has 3 nitrogen and oxygen atoms in total. The monoisotopic (exact) mass is 335 g/mol. The third-order valence-electron chi connectivity index (χ3n) is 4.81. The molecule has 0 bridgehead atoms. The third kappa shape index (κ3) is 2.93. The van der Waals surface area contributed by atoms with Crippen LogP contribution in [0.2, 0.25) is 0 Å². The first-order chi connectivity index (χ1) is 12.1. The van der Waals surface area contributed by atoms with Crippen LogP contribution >= 0.6 is 0 Å². The number of anilines is 1. The normalized spacial score (nSPS) is 13.1. The van der Waals surface area contributed by atoms with Gasteiger partial charge in [-0.15, -0.1) is 0 Å². The average molecular weight is 335 g/mol. The van der Waals surface area contributed by atoms with Gasteiger partial charge < -0.3 is 5.32 Å². The highest BCUT2D eigenvalue weighted by Gasteiger charge is 2.24. The minimum atomic E-state index is -0.202. The zero-order valence-corrected chi connectivity index (χ0v) is 14.6. The van der Waals surface area contributed by atoms with Gasteiger partial charge in [0.05, 0.1) is 11.4 Å². The Labute approximate surface area is 147 Å². The van der Waals surface area contributed by atoms with Crippen molar-refractivity contribution in [2.24, 2.45) is 0 Å². The molecule has 0 saturated carbocycles. The van der Waals surface area contributed by atoms with E-state index in [0.717, 1.165) is 42.1 Å². The Kier molecular flexibility index (Phi) is 4.04. The van der Waals surface area contributed by atoms with E-state index < -0.39 is 0 Å². The molecule has 0 unspecified atom stereocenters. The minimum Gasteiger partial charge on any atom is -0.369 e. The molecule has 0 radical (unpaired) electrons. The van der Waals surface area contributed by atoms with E-state index in [2.05, 4.69) is 48.1 Å². The second kappa shape index (κ2) is 6.36. The average Bonchev–Trinajstić information content (AvgIpc) is 3.21. The van der Waals surface area contributed by atoms with Crippen molar-refractivity contribution in [3.8, 4) is 5.69 Å². The Morgan fingerprint density at radius 1 is 1.12 bits per heavy atom. The fraction of sp³-hybridized carbons (Fsp3) is 0.286. The minimum absolute atomic E-state index is 0.202. The molecular weight excluding hydrogens is 313 g/mol. The van der Waals surface area contributed by atoms with E-state index >= 15 is 0 Å². The first-order valence-corrected chi connectivity index (χ1v) is 8.82. The van der Waals surface area contributed by atoms with Crippen molar-refractivity contribution >= 4 is 5.82 Å². The summed E-state index contributed by atoms with van der Waals surface area (Å²) in [6.45, 7) is 5.35. The summed E-state index contributed by atoms with van der Waals surface area (Å²) in [5.41, 5.74) is 5.86. The van der Waals surface area contributed by atoms with Gasteiger partial charge in [-0.3, -0.25) is 0 Å². The molecule has 4 rings (SSSR count). The lowest BCUT2D eigenvalue weighted by molar-refractivity contribution is 0.627. The number of halogens is 1. The molecular formula is C21H22FN3. The number of aromatic nitrogens is 2. The van der Waals surface area contributed by atoms with Crippen LogP contribution in [0.4, 0.5) is 10.2 Å². The summed E-state index contributed by atoms with van der Waals surface area (Å²) in [5, 5.41) is 8.41. The topological polar surface area (TPSA) is 29.9 Å². The Hall–Kier alpha value is -2.62. The summed E-state index contributed by atoms with van der Waals surface area (Å²) in [5.74, 6) is 1.33. The molecule has 0 aliphatic carbocycles. The van der Waals surface area contributed by atoms with E-state index in [1.807, 2.05) is 12.1 Å². The number of rotatable bonds is 4. The molecule has 0 atom stereocenters.